The van der Waals surface area contributed by atoms with Crippen molar-refractivity contribution in [3.63, 3.8) is 0 Å². The van der Waals surface area contributed by atoms with Gasteiger partial charge >= 0.3 is 0 Å². The molecule has 0 atom stereocenters. The van der Waals surface area contributed by atoms with Crippen LogP contribution in [0.3, 0.4) is 0 Å². The lowest BCUT2D eigenvalue weighted by atomic mass is 10.2. The number of hydrogen-bond donors (Lipinski definition) is 2. The van der Waals surface area contributed by atoms with Crippen LogP contribution in [0.25, 0.3) is 10.2 Å². The molecule has 0 saturated heterocycles. The number of hydrogen-bond acceptors (Lipinski definition) is 8. The number of amides is 2. The number of fused-ring (bicyclic) bond motifs is 1. The molecule has 0 aliphatic carbocycles. The van der Waals surface area contributed by atoms with E-state index in [-0.39, 0.29) is 22.6 Å². The minimum absolute atomic E-state index is 0.0427. The lowest BCUT2D eigenvalue weighted by molar-refractivity contribution is -0.384. The number of thiophene rings is 1. The number of aromatic nitrogens is 2. The van der Waals surface area contributed by atoms with Crippen LogP contribution in [0.1, 0.15) is 40.6 Å². The Hall–Kier alpha value is -3.25. The van der Waals surface area contributed by atoms with Crippen molar-refractivity contribution in [1.82, 2.24) is 20.4 Å². The molecule has 0 bridgehead atoms. The number of nitrogens with one attached hydrogen (secondary N) is 2. The van der Waals surface area contributed by atoms with E-state index in [1.54, 1.807) is 4.57 Å². The third-order valence-corrected chi connectivity index (χ3v) is 7.03. The van der Waals surface area contributed by atoms with Crippen molar-refractivity contribution >= 4 is 50.8 Å². The van der Waals surface area contributed by atoms with Gasteiger partial charge in [-0.15, -0.1) is 11.3 Å². The maximum absolute atomic E-state index is 13.1. The average Bonchev–Trinajstić information content (AvgIpc) is 3.08. The van der Waals surface area contributed by atoms with Gasteiger partial charge in [0.1, 0.15) is 4.83 Å². The average molecular weight is 490 g/mol. The molecule has 2 aromatic heterocycles. The third kappa shape index (κ3) is 5.57. The predicted molar refractivity (Wildman–Crippen MR) is 128 cm³/mol. The topological polar surface area (TPSA) is 136 Å². The first-order valence-electron chi connectivity index (χ1n) is 10.2. The minimum Gasteiger partial charge on any atom is -0.287 e. The number of nitrogens with zero attached hydrogens (tertiary/aromatic N) is 3. The van der Waals surface area contributed by atoms with Crippen molar-refractivity contribution in [2.24, 2.45) is 0 Å². The predicted octanol–water partition coefficient (Wildman–Crippen LogP) is 3.34. The molecular weight excluding hydrogens is 466 g/mol. The molecule has 0 aliphatic heterocycles. The summed E-state index contributed by atoms with van der Waals surface area (Å²) in [4.78, 5) is 54.1. The number of thioether (sulfide) groups is 1. The van der Waals surface area contributed by atoms with Gasteiger partial charge in [-0.2, -0.15) is 0 Å². The van der Waals surface area contributed by atoms with Crippen molar-refractivity contribution < 1.29 is 14.5 Å². The standard InChI is InChI=1S/C21H23N5O5S2/c1-4-5-9-25-20(29)17-12(2)13(3)33-19(17)22-21(25)32-11-16(27)23-24-18(28)14-7-6-8-15(10-14)26(30)31/h6-8,10H,4-5,9,11H2,1-3H3,(H,23,27)(H,24,28). The van der Waals surface area contributed by atoms with Gasteiger partial charge in [-0.25, -0.2) is 4.98 Å². The normalized spacial score (nSPS) is 10.9. The molecule has 12 heteroatoms. The largest absolute Gasteiger partial charge is 0.287 e. The van der Waals surface area contributed by atoms with E-state index in [1.165, 1.54) is 29.5 Å². The second-order valence-electron chi connectivity index (χ2n) is 7.27. The fourth-order valence-corrected chi connectivity index (χ4v) is 4.95. The summed E-state index contributed by atoms with van der Waals surface area (Å²) in [5.74, 6) is -1.27. The molecule has 3 aromatic rings. The van der Waals surface area contributed by atoms with E-state index in [4.69, 9.17) is 0 Å². The number of nitro groups is 1. The third-order valence-electron chi connectivity index (χ3n) is 4.96. The van der Waals surface area contributed by atoms with Crippen LogP contribution in [-0.4, -0.2) is 32.0 Å². The highest BCUT2D eigenvalue weighted by molar-refractivity contribution is 7.99. The smallest absolute Gasteiger partial charge is 0.270 e. The van der Waals surface area contributed by atoms with Gasteiger partial charge in [0.05, 0.1) is 16.1 Å². The number of unbranched alkanes of at least 4 members (excludes halogenated alkanes) is 1. The van der Waals surface area contributed by atoms with Crippen LogP contribution in [-0.2, 0) is 11.3 Å². The summed E-state index contributed by atoms with van der Waals surface area (Å²) in [5, 5.41) is 11.9. The zero-order valence-electron chi connectivity index (χ0n) is 18.3. The van der Waals surface area contributed by atoms with Gasteiger partial charge in [0, 0.05) is 29.1 Å². The Morgan fingerprint density at radius 3 is 2.73 bits per heavy atom. The number of aryl methyl sites for hydroxylation is 2. The molecule has 174 valence electrons. The summed E-state index contributed by atoms with van der Waals surface area (Å²) in [5.41, 5.74) is 5.16. The lowest BCUT2D eigenvalue weighted by Crippen LogP contribution is -2.42. The Morgan fingerprint density at radius 1 is 1.27 bits per heavy atom. The molecule has 2 N–H and O–H groups in total. The molecule has 2 amide bonds. The molecule has 10 nitrogen and oxygen atoms in total. The molecule has 0 fully saturated rings. The second kappa shape index (κ2) is 10.6. The number of non-ortho nitro benzene ring substituents is 1. The van der Waals surface area contributed by atoms with Crippen molar-refractivity contribution in [3.05, 3.63) is 60.7 Å². The zero-order chi connectivity index (χ0) is 24.1. The molecule has 33 heavy (non-hydrogen) atoms. The Balaban J connectivity index is 1.70. The Bertz CT molecular complexity index is 1280. The minimum atomic E-state index is -0.680. The maximum atomic E-state index is 13.1. The van der Waals surface area contributed by atoms with Gasteiger partial charge in [-0.1, -0.05) is 31.2 Å². The van der Waals surface area contributed by atoms with Crippen LogP contribution < -0.4 is 16.4 Å². The van der Waals surface area contributed by atoms with Crippen LogP contribution >= 0.6 is 23.1 Å². The van der Waals surface area contributed by atoms with Crippen LogP contribution in [0, 0.1) is 24.0 Å². The van der Waals surface area contributed by atoms with Crippen molar-refractivity contribution in [2.45, 2.75) is 45.3 Å². The van der Waals surface area contributed by atoms with Gasteiger partial charge in [0.15, 0.2) is 5.16 Å². The molecule has 1 aromatic carbocycles. The molecule has 0 saturated carbocycles. The number of benzene rings is 1. The van der Waals surface area contributed by atoms with Gasteiger partial charge < -0.3 is 0 Å². The number of nitro benzene ring substituents is 1. The first kappa shape index (κ1) is 24.4. The number of hydrazine groups is 1. The van der Waals surface area contributed by atoms with Gasteiger partial charge in [-0.3, -0.25) is 39.9 Å². The quantitative estimate of drug-likeness (QED) is 0.214. The first-order chi connectivity index (χ1) is 15.7. The van der Waals surface area contributed by atoms with Crippen LogP contribution in [0.15, 0.2) is 34.2 Å². The highest BCUT2D eigenvalue weighted by Crippen LogP contribution is 2.28. The monoisotopic (exact) mass is 489 g/mol. The molecule has 2 heterocycles. The number of carbonyl (C=O) groups excluding carboxylic acids is 2. The number of carbonyl (C=O) groups is 2. The SMILES string of the molecule is CCCCn1c(SCC(=O)NNC(=O)c2cccc([N+](=O)[O-])c2)nc2sc(C)c(C)c2c1=O. The Kier molecular flexibility index (Phi) is 7.82. The second-order valence-corrected chi connectivity index (χ2v) is 9.41. The van der Waals surface area contributed by atoms with Gasteiger partial charge in [-0.05, 0) is 31.9 Å². The van der Waals surface area contributed by atoms with Gasteiger partial charge in [0.2, 0.25) is 5.91 Å². The fraction of sp³-hybridized carbons (Fsp3) is 0.333. The highest BCUT2D eigenvalue weighted by Gasteiger charge is 2.18. The van der Waals surface area contributed by atoms with E-state index >= 15 is 0 Å². The summed E-state index contributed by atoms with van der Waals surface area (Å²) in [6.45, 7) is 6.38. The van der Waals surface area contributed by atoms with E-state index in [0.29, 0.717) is 21.9 Å². The summed E-state index contributed by atoms with van der Waals surface area (Å²) >= 11 is 2.55. The summed E-state index contributed by atoms with van der Waals surface area (Å²) < 4.78 is 1.60. The van der Waals surface area contributed by atoms with Crippen LogP contribution in [0.5, 0.6) is 0 Å². The summed E-state index contributed by atoms with van der Waals surface area (Å²) in [6.07, 6.45) is 1.70. The molecule has 0 unspecified atom stereocenters. The molecule has 3 rings (SSSR count). The molecule has 0 spiro atoms. The Labute approximate surface area is 197 Å². The van der Waals surface area contributed by atoms with Crippen molar-refractivity contribution in [3.8, 4) is 0 Å². The lowest BCUT2D eigenvalue weighted by Gasteiger charge is -2.12. The van der Waals surface area contributed by atoms with E-state index < -0.39 is 16.7 Å². The Morgan fingerprint density at radius 2 is 2.03 bits per heavy atom. The van der Waals surface area contributed by atoms with E-state index in [9.17, 15) is 24.5 Å². The number of rotatable bonds is 8. The molecule has 0 radical (unpaired) electrons. The zero-order valence-corrected chi connectivity index (χ0v) is 20.0. The van der Waals surface area contributed by atoms with E-state index in [2.05, 4.69) is 15.8 Å². The summed E-state index contributed by atoms with van der Waals surface area (Å²) in [7, 11) is 0. The van der Waals surface area contributed by atoms with Gasteiger partial charge in [0.25, 0.3) is 17.2 Å². The van der Waals surface area contributed by atoms with Crippen molar-refractivity contribution in [2.75, 3.05) is 5.75 Å². The van der Waals surface area contributed by atoms with Crippen molar-refractivity contribution in [1.29, 1.82) is 0 Å². The molecule has 0 aliphatic rings. The first-order valence-corrected chi connectivity index (χ1v) is 12.0. The molecular formula is C21H23N5O5S2. The van der Waals surface area contributed by atoms with E-state index in [0.717, 1.165) is 41.1 Å². The van der Waals surface area contributed by atoms with Crippen LogP contribution in [0.4, 0.5) is 5.69 Å². The van der Waals surface area contributed by atoms with Crippen LogP contribution in [0.2, 0.25) is 0 Å². The maximum Gasteiger partial charge on any atom is 0.270 e. The fourth-order valence-electron chi connectivity index (χ4n) is 3.06. The van der Waals surface area contributed by atoms with E-state index in [1.807, 2.05) is 20.8 Å². The summed E-state index contributed by atoms with van der Waals surface area (Å²) in [6, 6.07) is 5.17. The highest BCUT2D eigenvalue weighted by atomic mass is 32.2.